The van der Waals surface area contributed by atoms with E-state index < -0.39 is 18.0 Å². The lowest BCUT2D eigenvalue weighted by Crippen LogP contribution is -2.45. The maximum atomic E-state index is 12.3. The molecule has 1 fully saturated rings. The van der Waals surface area contributed by atoms with Crippen LogP contribution in [0, 0.1) is 17.8 Å². The second-order valence-corrected chi connectivity index (χ2v) is 5.12. The summed E-state index contributed by atoms with van der Waals surface area (Å²) >= 11 is 0. The Balaban J connectivity index is 1.85. The van der Waals surface area contributed by atoms with Gasteiger partial charge in [0.1, 0.15) is 12.0 Å². The molecule has 0 aromatic heterocycles. The summed E-state index contributed by atoms with van der Waals surface area (Å²) in [4.78, 5) is 27.6. The van der Waals surface area contributed by atoms with Gasteiger partial charge in [0.2, 0.25) is 5.78 Å². The molecule has 0 N–H and O–H groups in total. The van der Waals surface area contributed by atoms with E-state index in [-0.39, 0.29) is 23.9 Å². The van der Waals surface area contributed by atoms with Crippen LogP contribution >= 0.6 is 0 Å². The van der Waals surface area contributed by atoms with E-state index in [0.717, 1.165) is 11.1 Å². The zero-order chi connectivity index (χ0) is 15.0. The van der Waals surface area contributed by atoms with Crippen molar-refractivity contribution in [2.24, 2.45) is 11.1 Å². The lowest BCUT2D eigenvalue weighted by Gasteiger charge is -2.33. The van der Waals surface area contributed by atoms with Gasteiger partial charge in [-0.3, -0.25) is 4.79 Å². The molecule has 0 amide bonds. The molecule has 3 aliphatic rings. The van der Waals surface area contributed by atoms with Crippen molar-refractivity contribution in [1.82, 2.24) is 0 Å². The predicted octanol–water partition coefficient (Wildman–Crippen LogP) is 0.720. The summed E-state index contributed by atoms with van der Waals surface area (Å²) < 4.78 is 5.71. The Hall–Kier alpha value is -2.13. The van der Waals surface area contributed by atoms with Gasteiger partial charge in [0.15, 0.2) is 5.71 Å². The second kappa shape index (κ2) is 5.34. The monoisotopic (exact) mass is 281 g/mol. The van der Waals surface area contributed by atoms with Crippen LogP contribution in [0.2, 0.25) is 5.82 Å². The topological polar surface area (TPSA) is 65.0 Å². The number of oxime groups is 1. The molecule has 104 valence electrons. The van der Waals surface area contributed by atoms with Crippen LogP contribution in [0.25, 0.3) is 0 Å². The first-order valence-electron chi connectivity index (χ1n) is 6.65. The SMILES string of the molecule is [B]C1C=CC2=C(C#CC3C(=O)/C(=N/OC(C)=O)COC23)C1. The fraction of sp³-hybridized carbons (Fsp3) is 0.400. The molecule has 0 aromatic rings. The van der Waals surface area contributed by atoms with Gasteiger partial charge in [0, 0.05) is 12.5 Å². The van der Waals surface area contributed by atoms with E-state index in [0.29, 0.717) is 6.42 Å². The van der Waals surface area contributed by atoms with Gasteiger partial charge >= 0.3 is 5.97 Å². The van der Waals surface area contributed by atoms with E-state index in [2.05, 4.69) is 21.8 Å². The van der Waals surface area contributed by atoms with Crippen LogP contribution < -0.4 is 0 Å². The van der Waals surface area contributed by atoms with Crippen molar-refractivity contribution in [3.63, 3.8) is 0 Å². The van der Waals surface area contributed by atoms with E-state index in [1.165, 1.54) is 6.92 Å². The molecular formula is C15H12BNO4. The fourth-order valence-electron chi connectivity index (χ4n) is 2.56. The number of fused-ring (bicyclic) bond motifs is 2. The number of nitrogens with zero attached hydrogens (tertiary/aromatic N) is 1. The van der Waals surface area contributed by atoms with Crippen LogP contribution in [-0.4, -0.2) is 38.0 Å². The molecule has 2 aliphatic carbocycles. The van der Waals surface area contributed by atoms with Crippen LogP contribution in [0.15, 0.2) is 28.5 Å². The maximum absolute atomic E-state index is 12.3. The third-order valence-corrected chi connectivity index (χ3v) is 3.55. The Bertz CT molecular complexity index is 665. The highest BCUT2D eigenvalue weighted by atomic mass is 16.7. The molecule has 5 nitrogen and oxygen atoms in total. The van der Waals surface area contributed by atoms with Gasteiger partial charge in [-0.1, -0.05) is 35.0 Å². The van der Waals surface area contributed by atoms with Crippen LogP contribution in [0.5, 0.6) is 0 Å². The molecule has 0 aromatic carbocycles. The van der Waals surface area contributed by atoms with Gasteiger partial charge in [-0.2, -0.15) is 0 Å². The zero-order valence-corrected chi connectivity index (χ0v) is 11.5. The summed E-state index contributed by atoms with van der Waals surface area (Å²) in [5.41, 5.74) is 1.93. The molecule has 1 heterocycles. The summed E-state index contributed by atoms with van der Waals surface area (Å²) in [5.74, 6) is 4.43. The summed E-state index contributed by atoms with van der Waals surface area (Å²) in [6.45, 7) is 1.22. The zero-order valence-electron chi connectivity index (χ0n) is 11.5. The molecule has 1 saturated heterocycles. The lowest BCUT2D eigenvalue weighted by molar-refractivity contribution is -0.141. The molecule has 6 heteroatoms. The average molecular weight is 281 g/mol. The normalized spacial score (nSPS) is 32.1. The van der Waals surface area contributed by atoms with Crippen molar-refractivity contribution in [1.29, 1.82) is 0 Å². The van der Waals surface area contributed by atoms with Crippen molar-refractivity contribution < 1.29 is 19.2 Å². The van der Waals surface area contributed by atoms with Gasteiger partial charge < -0.3 is 9.57 Å². The number of allylic oxidation sites excluding steroid dienone is 2. The highest BCUT2D eigenvalue weighted by molar-refractivity contribution is 6.42. The fourth-order valence-corrected chi connectivity index (χ4v) is 2.56. The standard InChI is InChI=1S/C15H12BNO4/c1-8(18)21-17-13-7-20-15-11-5-3-10(16)6-9(11)2-4-12(15)14(13)19/h3,5,10,12,15H,6-7H2,1H3/b17-13+. The molecule has 3 rings (SSSR count). The number of hydrogen-bond acceptors (Lipinski definition) is 5. The number of ether oxygens (including phenoxy) is 1. The van der Waals surface area contributed by atoms with Crippen molar-refractivity contribution in [3.8, 4) is 11.8 Å². The van der Waals surface area contributed by atoms with Crippen LogP contribution in [0.3, 0.4) is 0 Å². The second-order valence-electron chi connectivity index (χ2n) is 5.12. The highest BCUT2D eigenvalue weighted by Gasteiger charge is 2.40. The Morgan fingerprint density at radius 3 is 3.14 bits per heavy atom. The van der Waals surface area contributed by atoms with Crippen molar-refractivity contribution in [3.05, 3.63) is 23.3 Å². The van der Waals surface area contributed by atoms with E-state index in [9.17, 15) is 9.59 Å². The molecule has 1 aliphatic heterocycles. The first kappa shape index (κ1) is 13.8. The summed E-state index contributed by atoms with van der Waals surface area (Å²) in [6, 6.07) is 0. The molecule has 3 unspecified atom stereocenters. The first-order chi connectivity index (χ1) is 10.1. The van der Waals surface area contributed by atoms with Crippen molar-refractivity contribution >= 4 is 25.3 Å². The van der Waals surface area contributed by atoms with E-state index >= 15 is 0 Å². The summed E-state index contributed by atoms with van der Waals surface area (Å²) in [7, 11) is 5.86. The van der Waals surface area contributed by atoms with Gasteiger partial charge in [-0.05, 0) is 12.0 Å². The van der Waals surface area contributed by atoms with Crippen LogP contribution in [0.4, 0.5) is 0 Å². The number of rotatable bonds is 1. The van der Waals surface area contributed by atoms with E-state index in [1.807, 2.05) is 12.2 Å². The first-order valence-corrected chi connectivity index (χ1v) is 6.65. The third-order valence-electron chi connectivity index (χ3n) is 3.55. The quantitative estimate of drug-likeness (QED) is 0.307. The molecule has 0 bridgehead atoms. The minimum Gasteiger partial charge on any atom is -0.365 e. The highest BCUT2D eigenvalue weighted by Crippen LogP contribution is 2.35. The maximum Gasteiger partial charge on any atom is 0.331 e. The number of ketones is 1. The van der Waals surface area contributed by atoms with Crippen LogP contribution in [-0.2, 0) is 19.2 Å². The molecule has 0 spiro atoms. The van der Waals surface area contributed by atoms with Gasteiger partial charge in [0.25, 0.3) is 0 Å². The lowest BCUT2D eigenvalue weighted by atomic mass is 9.73. The minimum absolute atomic E-state index is 0.00559. The number of carbonyl (C=O) groups is 2. The van der Waals surface area contributed by atoms with Gasteiger partial charge in [0.05, 0.1) is 14.5 Å². The number of hydrogen-bond donors (Lipinski definition) is 0. The average Bonchev–Trinajstić information content (AvgIpc) is 2.45. The minimum atomic E-state index is -0.606. The summed E-state index contributed by atoms with van der Waals surface area (Å²) in [6.07, 6.45) is 4.04. The Morgan fingerprint density at radius 2 is 2.38 bits per heavy atom. The summed E-state index contributed by atoms with van der Waals surface area (Å²) in [5, 5.41) is 3.54. The molecule has 3 atom stereocenters. The van der Waals surface area contributed by atoms with Gasteiger partial charge in [-0.15, -0.1) is 0 Å². The smallest absolute Gasteiger partial charge is 0.331 e. The van der Waals surface area contributed by atoms with E-state index in [1.54, 1.807) is 0 Å². The van der Waals surface area contributed by atoms with E-state index in [4.69, 9.17) is 12.6 Å². The number of carbonyl (C=O) groups excluding carboxylic acids is 2. The van der Waals surface area contributed by atoms with Crippen molar-refractivity contribution in [2.45, 2.75) is 25.3 Å². The van der Waals surface area contributed by atoms with Crippen LogP contribution in [0.1, 0.15) is 13.3 Å². The predicted molar refractivity (Wildman–Crippen MR) is 75.5 cm³/mol. The number of Topliss-reactive ketones (excluding diaryl/α,β-unsaturated/α-hetero) is 1. The Labute approximate surface area is 123 Å². The van der Waals surface area contributed by atoms with Gasteiger partial charge in [-0.25, -0.2) is 4.79 Å². The van der Waals surface area contributed by atoms with Crippen molar-refractivity contribution in [2.75, 3.05) is 6.61 Å². The molecular weight excluding hydrogens is 269 g/mol. The largest absolute Gasteiger partial charge is 0.365 e. The Morgan fingerprint density at radius 1 is 1.57 bits per heavy atom. The molecule has 21 heavy (non-hydrogen) atoms. The molecule has 2 radical (unpaired) electrons. The molecule has 0 saturated carbocycles. The third kappa shape index (κ3) is 2.57. The Kier molecular flexibility index (Phi) is 3.52.